The largest absolute Gasteiger partial charge is 0.396 e. The molecule has 1 saturated heterocycles. The molecule has 1 aliphatic rings. The van der Waals surface area contributed by atoms with Gasteiger partial charge in [0.05, 0.1) is 6.54 Å². The van der Waals surface area contributed by atoms with Crippen LogP contribution in [0.1, 0.15) is 19.3 Å². The summed E-state index contributed by atoms with van der Waals surface area (Å²) in [7, 11) is 0. The quantitative estimate of drug-likeness (QED) is 0.506. The summed E-state index contributed by atoms with van der Waals surface area (Å²) in [5, 5.41) is 14.3. The maximum Gasteiger partial charge on any atom is 0.242 e. The number of nitrogens with zero attached hydrogens (tertiary/aromatic N) is 1. The Hall–Kier alpha value is -1.14. The fourth-order valence-electron chi connectivity index (χ4n) is 1.69. The number of aliphatic hydroxyl groups is 1. The Bertz CT molecular complexity index is 252. The van der Waals surface area contributed by atoms with Crippen LogP contribution in [0.2, 0.25) is 0 Å². The van der Waals surface area contributed by atoms with Crippen molar-refractivity contribution in [3.05, 3.63) is 0 Å². The number of carbonyl (C=O) groups is 2. The third-order valence-corrected chi connectivity index (χ3v) is 2.72. The molecule has 0 bridgehead atoms. The third-order valence-electron chi connectivity index (χ3n) is 2.72. The fraction of sp³-hybridized carbons (Fsp3) is 0.818. The first-order chi connectivity index (χ1) is 8.24. The number of hydrogen-bond acceptors (Lipinski definition) is 4. The summed E-state index contributed by atoms with van der Waals surface area (Å²) in [6.07, 6.45) is 1.65. The van der Waals surface area contributed by atoms with Crippen molar-refractivity contribution in [1.82, 2.24) is 15.5 Å². The van der Waals surface area contributed by atoms with Crippen molar-refractivity contribution >= 4 is 11.8 Å². The van der Waals surface area contributed by atoms with Crippen molar-refractivity contribution in [3.63, 3.8) is 0 Å². The Balaban J connectivity index is 2.11. The minimum atomic E-state index is -0.123. The van der Waals surface area contributed by atoms with Crippen LogP contribution in [0, 0.1) is 0 Å². The Labute approximate surface area is 101 Å². The molecule has 6 heteroatoms. The van der Waals surface area contributed by atoms with Gasteiger partial charge in [-0.25, -0.2) is 0 Å². The highest BCUT2D eigenvalue weighted by molar-refractivity contribution is 5.84. The average Bonchev–Trinajstić information content (AvgIpc) is 2.37. The predicted molar refractivity (Wildman–Crippen MR) is 63.4 cm³/mol. The molecule has 0 aliphatic carbocycles. The molecule has 1 fully saturated rings. The lowest BCUT2D eigenvalue weighted by Crippen LogP contribution is -2.49. The summed E-state index contributed by atoms with van der Waals surface area (Å²) in [5.74, 6) is -0.149. The molecule has 3 N–H and O–H groups in total. The highest BCUT2D eigenvalue weighted by Crippen LogP contribution is 1.95. The van der Waals surface area contributed by atoms with E-state index >= 15 is 0 Å². The Kier molecular flexibility index (Phi) is 6.57. The maximum absolute atomic E-state index is 11.7. The zero-order chi connectivity index (χ0) is 12.5. The summed E-state index contributed by atoms with van der Waals surface area (Å²) in [4.78, 5) is 24.8. The molecule has 0 atom stereocenters. The molecule has 98 valence electrons. The molecule has 2 amide bonds. The lowest BCUT2D eigenvalue weighted by Gasteiger charge is -2.27. The molecule has 0 aromatic heterocycles. The lowest BCUT2D eigenvalue weighted by molar-refractivity contribution is -0.133. The predicted octanol–water partition coefficient (Wildman–Crippen LogP) is -1.30. The summed E-state index contributed by atoms with van der Waals surface area (Å²) in [6, 6.07) is 0. The van der Waals surface area contributed by atoms with Gasteiger partial charge in [-0.3, -0.25) is 9.59 Å². The zero-order valence-corrected chi connectivity index (χ0v) is 10.1. The molecule has 0 unspecified atom stereocenters. The molecule has 1 heterocycles. The van der Waals surface area contributed by atoms with Crippen molar-refractivity contribution in [2.75, 3.05) is 39.3 Å². The molecule has 0 radical (unpaired) electrons. The number of aliphatic hydroxyl groups excluding tert-OH is 1. The van der Waals surface area contributed by atoms with Gasteiger partial charge < -0.3 is 20.6 Å². The van der Waals surface area contributed by atoms with Crippen LogP contribution in [0.15, 0.2) is 0 Å². The van der Waals surface area contributed by atoms with Crippen LogP contribution < -0.4 is 10.6 Å². The van der Waals surface area contributed by atoms with Crippen molar-refractivity contribution in [1.29, 1.82) is 0 Å². The number of rotatable bonds is 6. The molecule has 0 aromatic rings. The van der Waals surface area contributed by atoms with E-state index in [9.17, 15) is 9.59 Å². The van der Waals surface area contributed by atoms with Gasteiger partial charge in [-0.15, -0.1) is 0 Å². The van der Waals surface area contributed by atoms with Gasteiger partial charge in [0.15, 0.2) is 0 Å². The van der Waals surface area contributed by atoms with Gasteiger partial charge in [0, 0.05) is 39.2 Å². The molecule has 1 aliphatic heterocycles. The standard InChI is InChI=1S/C11H21N3O3/c15-8-2-1-3-10(16)13-9-11(17)14-6-4-12-5-7-14/h12,15H,1-9H2,(H,13,16). The van der Waals surface area contributed by atoms with Crippen LogP contribution in [0.5, 0.6) is 0 Å². The van der Waals surface area contributed by atoms with E-state index in [4.69, 9.17) is 5.11 Å². The van der Waals surface area contributed by atoms with E-state index < -0.39 is 0 Å². The third kappa shape index (κ3) is 5.65. The van der Waals surface area contributed by atoms with E-state index in [0.717, 1.165) is 13.1 Å². The number of carbonyl (C=O) groups excluding carboxylic acids is 2. The SMILES string of the molecule is O=C(CCCCO)NCC(=O)N1CCNCC1. The van der Waals surface area contributed by atoms with Crippen LogP contribution in [-0.2, 0) is 9.59 Å². The van der Waals surface area contributed by atoms with E-state index in [1.807, 2.05) is 0 Å². The van der Waals surface area contributed by atoms with Crippen molar-refractivity contribution in [2.24, 2.45) is 0 Å². The van der Waals surface area contributed by atoms with E-state index in [-0.39, 0.29) is 25.0 Å². The zero-order valence-electron chi connectivity index (χ0n) is 10.1. The number of piperazine rings is 1. The van der Waals surface area contributed by atoms with Crippen LogP contribution in [0.3, 0.4) is 0 Å². The van der Waals surface area contributed by atoms with Gasteiger partial charge in [-0.05, 0) is 12.8 Å². The molecule has 0 saturated carbocycles. The normalized spacial score (nSPS) is 15.7. The lowest BCUT2D eigenvalue weighted by atomic mass is 10.2. The van der Waals surface area contributed by atoms with Gasteiger partial charge in [0.1, 0.15) is 0 Å². The van der Waals surface area contributed by atoms with Crippen molar-refractivity contribution in [2.45, 2.75) is 19.3 Å². The summed E-state index contributed by atoms with van der Waals surface area (Å²) < 4.78 is 0. The molecular formula is C11H21N3O3. The van der Waals surface area contributed by atoms with E-state index in [1.54, 1.807) is 4.90 Å². The minimum absolute atomic E-state index is 0.0259. The van der Waals surface area contributed by atoms with Crippen molar-refractivity contribution in [3.8, 4) is 0 Å². The number of nitrogens with one attached hydrogen (secondary N) is 2. The molecule has 0 aromatic carbocycles. The highest BCUT2D eigenvalue weighted by Gasteiger charge is 2.16. The second-order valence-electron chi connectivity index (χ2n) is 4.09. The minimum Gasteiger partial charge on any atom is -0.396 e. The van der Waals surface area contributed by atoms with Gasteiger partial charge in [0.25, 0.3) is 0 Å². The second kappa shape index (κ2) is 8.03. The Morgan fingerprint density at radius 2 is 1.94 bits per heavy atom. The first-order valence-electron chi connectivity index (χ1n) is 6.10. The Morgan fingerprint density at radius 1 is 1.24 bits per heavy atom. The van der Waals surface area contributed by atoms with Gasteiger partial charge in [0.2, 0.25) is 11.8 Å². The molecule has 17 heavy (non-hydrogen) atoms. The van der Waals surface area contributed by atoms with Crippen LogP contribution in [0.4, 0.5) is 0 Å². The molecule has 6 nitrogen and oxygen atoms in total. The average molecular weight is 243 g/mol. The number of unbranched alkanes of at least 4 members (excludes halogenated alkanes) is 1. The van der Waals surface area contributed by atoms with Gasteiger partial charge in [-0.1, -0.05) is 0 Å². The topological polar surface area (TPSA) is 81.7 Å². The van der Waals surface area contributed by atoms with Crippen LogP contribution >= 0.6 is 0 Å². The van der Waals surface area contributed by atoms with E-state index in [0.29, 0.717) is 32.4 Å². The van der Waals surface area contributed by atoms with Gasteiger partial charge >= 0.3 is 0 Å². The smallest absolute Gasteiger partial charge is 0.242 e. The second-order valence-corrected chi connectivity index (χ2v) is 4.09. The van der Waals surface area contributed by atoms with E-state index in [1.165, 1.54) is 0 Å². The molecule has 1 rings (SSSR count). The Morgan fingerprint density at radius 3 is 2.59 bits per heavy atom. The van der Waals surface area contributed by atoms with Crippen LogP contribution in [0.25, 0.3) is 0 Å². The monoisotopic (exact) mass is 243 g/mol. The summed E-state index contributed by atoms with van der Waals surface area (Å²) >= 11 is 0. The van der Waals surface area contributed by atoms with E-state index in [2.05, 4.69) is 10.6 Å². The van der Waals surface area contributed by atoms with Gasteiger partial charge in [-0.2, -0.15) is 0 Å². The molecular weight excluding hydrogens is 222 g/mol. The summed E-state index contributed by atoms with van der Waals surface area (Å²) in [5.41, 5.74) is 0. The summed E-state index contributed by atoms with van der Waals surface area (Å²) in [6.45, 7) is 3.23. The first-order valence-corrected chi connectivity index (χ1v) is 6.10. The number of amides is 2. The molecule has 0 spiro atoms. The fourth-order valence-corrected chi connectivity index (χ4v) is 1.69. The highest BCUT2D eigenvalue weighted by atomic mass is 16.3. The maximum atomic E-state index is 11.7. The van der Waals surface area contributed by atoms with Crippen molar-refractivity contribution < 1.29 is 14.7 Å². The number of hydrogen-bond donors (Lipinski definition) is 3. The first kappa shape index (κ1) is 13.9. The van der Waals surface area contributed by atoms with Crippen LogP contribution in [-0.4, -0.2) is 61.2 Å².